The van der Waals surface area contributed by atoms with Crippen LogP contribution >= 0.6 is 0 Å². The zero-order valence-corrected chi connectivity index (χ0v) is 18.1. The van der Waals surface area contributed by atoms with E-state index in [1.54, 1.807) is 21.3 Å². The van der Waals surface area contributed by atoms with Gasteiger partial charge in [0.25, 0.3) is 5.91 Å². The maximum Gasteiger partial charge on any atom is 0.262 e. The number of para-hydroxylation sites is 1. The van der Waals surface area contributed by atoms with Crippen molar-refractivity contribution < 1.29 is 19.1 Å². The van der Waals surface area contributed by atoms with Crippen LogP contribution in [-0.4, -0.2) is 55.2 Å². The van der Waals surface area contributed by atoms with Gasteiger partial charge in [-0.3, -0.25) is 9.59 Å². The number of hydrazone groups is 1. The number of nitrogens with zero attached hydrogens (tertiary/aromatic N) is 3. The van der Waals surface area contributed by atoms with Crippen LogP contribution in [0.4, 0.5) is 0 Å². The SMILES string of the molecule is COc1cccc(C2=NN(C(=O)CN(C)C(=O)C3CC3)[C@@H](c3ccccc3OC)C2)c1. The maximum atomic E-state index is 13.2. The molecular formula is C24H27N3O4. The van der Waals surface area contributed by atoms with Gasteiger partial charge in [0.15, 0.2) is 0 Å². The second-order valence-corrected chi connectivity index (χ2v) is 7.95. The standard InChI is InChI=1S/C24H27N3O4/c1-26(24(29)16-11-12-16)15-23(28)27-21(19-9-4-5-10-22(19)31-3)14-20(25-27)17-7-6-8-18(13-17)30-2/h4-10,13,16,21H,11-12,14-15H2,1-3H3/t21-/m1/s1. The van der Waals surface area contributed by atoms with Gasteiger partial charge < -0.3 is 14.4 Å². The molecule has 2 amide bonds. The molecular weight excluding hydrogens is 394 g/mol. The molecule has 7 heteroatoms. The summed E-state index contributed by atoms with van der Waals surface area (Å²) in [6, 6.07) is 15.0. The normalized spacial score (nSPS) is 17.8. The van der Waals surface area contributed by atoms with Crippen molar-refractivity contribution >= 4 is 17.5 Å². The summed E-state index contributed by atoms with van der Waals surface area (Å²) in [7, 11) is 4.92. The zero-order chi connectivity index (χ0) is 22.0. The van der Waals surface area contributed by atoms with Crippen LogP contribution in [0.5, 0.6) is 11.5 Å². The Morgan fingerprint density at radius 3 is 2.58 bits per heavy atom. The van der Waals surface area contributed by atoms with Gasteiger partial charge in [-0.25, -0.2) is 5.01 Å². The molecule has 1 aliphatic heterocycles. The van der Waals surface area contributed by atoms with Gasteiger partial charge >= 0.3 is 0 Å². The Labute approximate surface area is 182 Å². The molecule has 1 fully saturated rings. The number of carbonyl (C=O) groups excluding carboxylic acids is 2. The van der Waals surface area contributed by atoms with Crippen molar-refractivity contribution in [1.82, 2.24) is 9.91 Å². The summed E-state index contributed by atoms with van der Waals surface area (Å²) in [6.45, 7) is -0.00409. The molecule has 2 aliphatic rings. The van der Waals surface area contributed by atoms with Gasteiger partial charge in [-0.2, -0.15) is 5.10 Å². The van der Waals surface area contributed by atoms with Crippen molar-refractivity contribution in [3.8, 4) is 11.5 Å². The van der Waals surface area contributed by atoms with Crippen LogP contribution in [0.15, 0.2) is 53.6 Å². The monoisotopic (exact) mass is 421 g/mol. The molecule has 0 spiro atoms. The number of ether oxygens (including phenoxy) is 2. The van der Waals surface area contributed by atoms with E-state index >= 15 is 0 Å². The van der Waals surface area contributed by atoms with E-state index in [4.69, 9.17) is 14.6 Å². The van der Waals surface area contributed by atoms with Crippen LogP contribution < -0.4 is 9.47 Å². The summed E-state index contributed by atoms with van der Waals surface area (Å²) in [5, 5.41) is 6.19. The summed E-state index contributed by atoms with van der Waals surface area (Å²) < 4.78 is 10.9. The molecule has 0 N–H and O–H groups in total. The lowest BCUT2D eigenvalue weighted by molar-refractivity contribution is -0.141. The summed E-state index contributed by atoms with van der Waals surface area (Å²) >= 11 is 0. The first-order valence-corrected chi connectivity index (χ1v) is 10.4. The molecule has 0 aromatic heterocycles. The summed E-state index contributed by atoms with van der Waals surface area (Å²) in [6.07, 6.45) is 2.35. The predicted molar refractivity (Wildman–Crippen MR) is 117 cm³/mol. The van der Waals surface area contributed by atoms with Crippen LogP contribution in [0.1, 0.15) is 36.4 Å². The van der Waals surface area contributed by atoms with Crippen LogP contribution in [0, 0.1) is 5.92 Å². The van der Waals surface area contributed by atoms with E-state index in [0.29, 0.717) is 12.2 Å². The van der Waals surface area contributed by atoms with E-state index in [0.717, 1.165) is 35.4 Å². The molecule has 1 atom stereocenters. The molecule has 1 heterocycles. The highest BCUT2D eigenvalue weighted by Gasteiger charge is 2.37. The van der Waals surface area contributed by atoms with E-state index in [9.17, 15) is 9.59 Å². The quantitative estimate of drug-likeness (QED) is 0.688. The first kappa shape index (κ1) is 20.9. The van der Waals surface area contributed by atoms with Gasteiger partial charge in [0.2, 0.25) is 5.91 Å². The number of amides is 2. The van der Waals surface area contributed by atoms with Gasteiger partial charge in [0, 0.05) is 30.5 Å². The summed E-state index contributed by atoms with van der Waals surface area (Å²) in [5.41, 5.74) is 2.58. The number of likely N-dealkylation sites (N-methyl/N-ethyl adjacent to an activating group) is 1. The largest absolute Gasteiger partial charge is 0.497 e. The van der Waals surface area contributed by atoms with Crippen LogP contribution in [-0.2, 0) is 9.59 Å². The molecule has 7 nitrogen and oxygen atoms in total. The third-order valence-corrected chi connectivity index (χ3v) is 5.74. The summed E-state index contributed by atoms with van der Waals surface area (Å²) in [4.78, 5) is 27.1. The average Bonchev–Trinajstić information content (AvgIpc) is 3.56. The van der Waals surface area contributed by atoms with Crippen LogP contribution in [0.25, 0.3) is 0 Å². The van der Waals surface area contributed by atoms with Crippen molar-refractivity contribution in [2.24, 2.45) is 11.0 Å². The van der Waals surface area contributed by atoms with E-state index in [-0.39, 0.29) is 30.3 Å². The maximum absolute atomic E-state index is 13.2. The highest BCUT2D eigenvalue weighted by molar-refractivity contribution is 6.03. The van der Waals surface area contributed by atoms with Gasteiger partial charge in [-0.1, -0.05) is 30.3 Å². The van der Waals surface area contributed by atoms with Gasteiger partial charge in [0.05, 0.1) is 26.0 Å². The lowest BCUT2D eigenvalue weighted by Gasteiger charge is -2.26. The van der Waals surface area contributed by atoms with Gasteiger partial charge in [-0.15, -0.1) is 0 Å². The molecule has 0 bridgehead atoms. The fraction of sp³-hybridized carbons (Fsp3) is 0.375. The number of hydrogen-bond acceptors (Lipinski definition) is 5. The molecule has 0 radical (unpaired) electrons. The first-order valence-electron chi connectivity index (χ1n) is 10.4. The average molecular weight is 421 g/mol. The lowest BCUT2D eigenvalue weighted by Crippen LogP contribution is -2.39. The van der Waals surface area contributed by atoms with E-state index in [2.05, 4.69) is 0 Å². The summed E-state index contributed by atoms with van der Waals surface area (Å²) in [5.74, 6) is 1.31. The van der Waals surface area contributed by atoms with Crippen molar-refractivity contribution in [3.05, 3.63) is 59.7 Å². The topological polar surface area (TPSA) is 71.4 Å². The Morgan fingerprint density at radius 1 is 1.10 bits per heavy atom. The lowest BCUT2D eigenvalue weighted by atomic mass is 9.97. The van der Waals surface area contributed by atoms with Gasteiger partial charge in [-0.05, 0) is 31.0 Å². The molecule has 31 heavy (non-hydrogen) atoms. The van der Waals surface area contributed by atoms with Crippen LogP contribution in [0.3, 0.4) is 0 Å². The van der Waals surface area contributed by atoms with Crippen molar-refractivity contribution in [1.29, 1.82) is 0 Å². The number of rotatable bonds is 7. The number of methoxy groups -OCH3 is 2. The van der Waals surface area contributed by atoms with Crippen LogP contribution in [0.2, 0.25) is 0 Å². The number of carbonyl (C=O) groups is 2. The molecule has 2 aromatic rings. The van der Waals surface area contributed by atoms with Gasteiger partial charge in [0.1, 0.15) is 18.0 Å². The van der Waals surface area contributed by atoms with Crippen molar-refractivity contribution in [2.45, 2.75) is 25.3 Å². The molecule has 0 saturated heterocycles. The fourth-order valence-corrected chi connectivity index (χ4v) is 3.90. The predicted octanol–water partition coefficient (Wildman–Crippen LogP) is 3.25. The van der Waals surface area contributed by atoms with E-state index in [1.165, 1.54) is 9.91 Å². The van der Waals surface area contributed by atoms with E-state index < -0.39 is 0 Å². The Morgan fingerprint density at radius 2 is 1.87 bits per heavy atom. The van der Waals surface area contributed by atoms with Crippen molar-refractivity contribution in [3.63, 3.8) is 0 Å². The molecule has 4 rings (SSSR count). The Balaban J connectivity index is 1.64. The highest BCUT2D eigenvalue weighted by atomic mass is 16.5. The third kappa shape index (κ3) is 4.40. The second-order valence-electron chi connectivity index (χ2n) is 7.95. The number of benzene rings is 2. The number of hydrogen-bond donors (Lipinski definition) is 0. The zero-order valence-electron chi connectivity index (χ0n) is 18.1. The minimum atomic E-state index is -0.311. The second kappa shape index (κ2) is 8.79. The minimum Gasteiger partial charge on any atom is -0.497 e. The highest BCUT2D eigenvalue weighted by Crippen LogP contribution is 2.38. The molecule has 1 saturated carbocycles. The fourth-order valence-electron chi connectivity index (χ4n) is 3.90. The van der Waals surface area contributed by atoms with E-state index in [1.807, 2.05) is 48.5 Å². The Hall–Kier alpha value is -3.35. The minimum absolute atomic E-state index is 0.00409. The van der Waals surface area contributed by atoms with Crippen molar-refractivity contribution in [2.75, 3.05) is 27.8 Å². The Kier molecular flexibility index (Phi) is 5.93. The smallest absolute Gasteiger partial charge is 0.262 e. The molecule has 0 unspecified atom stereocenters. The first-order chi connectivity index (χ1) is 15.0. The third-order valence-electron chi connectivity index (χ3n) is 5.74. The molecule has 2 aromatic carbocycles. The Bertz CT molecular complexity index is 1020. The molecule has 1 aliphatic carbocycles. The molecule has 162 valence electrons.